The average Bonchev–Trinajstić information content (AvgIpc) is 2.87. The van der Waals surface area contributed by atoms with Crippen molar-refractivity contribution in [3.63, 3.8) is 0 Å². The number of amides is 1. The standard InChI is InChI=1S/C22H20F3N3O2S/c1-21(2)19(30)28(16-8-7-15(13-26)18(12-16)22(23,24)25)20(31)27(21)11-3-4-14-5-9-17(29)10-6-14/h5-10,12,29H,3-4,11H2,1-2H3. The lowest BCUT2D eigenvalue weighted by molar-refractivity contribution is -0.137. The summed E-state index contributed by atoms with van der Waals surface area (Å²) in [7, 11) is 0. The van der Waals surface area contributed by atoms with Crippen LogP contribution in [0, 0.1) is 11.3 Å². The molecule has 1 saturated heterocycles. The number of carbonyl (C=O) groups is 1. The molecule has 31 heavy (non-hydrogen) atoms. The highest BCUT2D eigenvalue weighted by molar-refractivity contribution is 7.80. The Hall–Kier alpha value is -3.12. The lowest BCUT2D eigenvalue weighted by atomic mass is 10.0. The van der Waals surface area contributed by atoms with Gasteiger partial charge in [-0.25, -0.2) is 0 Å². The zero-order chi connectivity index (χ0) is 23.0. The van der Waals surface area contributed by atoms with Gasteiger partial charge in [-0.05, 0) is 74.8 Å². The first kappa shape index (κ1) is 22.6. The molecule has 0 radical (unpaired) electrons. The summed E-state index contributed by atoms with van der Waals surface area (Å²) in [5.41, 5.74) is -1.66. The third-order valence-corrected chi connectivity index (χ3v) is 5.70. The lowest BCUT2D eigenvalue weighted by Gasteiger charge is -2.29. The predicted molar refractivity (Wildman–Crippen MR) is 113 cm³/mol. The number of alkyl halides is 3. The molecule has 1 heterocycles. The molecular weight excluding hydrogens is 427 g/mol. The molecule has 1 aliphatic rings. The maximum Gasteiger partial charge on any atom is 0.417 e. The Balaban J connectivity index is 1.84. The normalized spacial score (nSPS) is 16.0. The fourth-order valence-electron chi connectivity index (χ4n) is 3.55. The average molecular weight is 447 g/mol. The van der Waals surface area contributed by atoms with E-state index in [2.05, 4.69) is 0 Å². The molecule has 0 bridgehead atoms. The van der Waals surface area contributed by atoms with Crippen LogP contribution in [-0.2, 0) is 17.4 Å². The van der Waals surface area contributed by atoms with E-state index in [9.17, 15) is 23.1 Å². The minimum Gasteiger partial charge on any atom is -0.508 e. The van der Waals surface area contributed by atoms with E-state index in [4.69, 9.17) is 17.5 Å². The van der Waals surface area contributed by atoms with Crippen LogP contribution in [0.1, 0.15) is 37.0 Å². The largest absolute Gasteiger partial charge is 0.508 e. The highest BCUT2D eigenvalue weighted by atomic mass is 32.1. The van der Waals surface area contributed by atoms with E-state index in [0.29, 0.717) is 19.4 Å². The van der Waals surface area contributed by atoms with E-state index < -0.39 is 28.7 Å². The number of nitriles is 1. The van der Waals surface area contributed by atoms with Crippen molar-refractivity contribution in [3.05, 3.63) is 59.2 Å². The van der Waals surface area contributed by atoms with Gasteiger partial charge in [-0.2, -0.15) is 18.4 Å². The minimum absolute atomic E-state index is 0.0181. The zero-order valence-electron chi connectivity index (χ0n) is 16.9. The van der Waals surface area contributed by atoms with Gasteiger partial charge in [0.2, 0.25) is 0 Å². The summed E-state index contributed by atoms with van der Waals surface area (Å²) in [5.74, 6) is -0.257. The fourth-order valence-corrected chi connectivity index (χ4v) is 4.05. The summed E-state index contributed by atoms with van der Waals surface area (Å²) in [6, 6.07) is 11.5. The molecule has 162 valence electrons. The van der Waals surface area contributed by atoms with E-state index in [1.165, 1.54) is 12.1 Å². The highest BCUT2D eigenvalue weighted by Crippen LogP contribution is 2.37. The Morgan fingerprint density at radius 1 is 1.16 bits per heavy atom. The second-order valence-corrected chi connectivity index (χ2v) is 8.11. The molecule has 5 nitrogen and oxygen atoms in total. The first-order chi connectivity index (χ1) is 14.5. The summed E-state index contributed by atoms with van der Waals surface area (Å²) < 4.78 is 40.1. The van der Waals surface area contributed by atoms with Gasteiger partial charge in [0.15, 0.2) is 5.11 Å². The molecule has 0 spiro atoms. The monoisotopic (exact) mass is 447 g/mol. The van der Waals surface area contributed by atoms with Crippen molar-refractivity contribution in [2.24, 2.45) is 0 Å². The molecule has 0 saturated carbocycles. The Morgan fingerprint density at radius 2 is 1.81 bits per heavy atom. The second kappa shape index (κ2) is 8.19. The number of rotatable bonds is 5. The quantitative estimate of drug-likeness (QED) is 0.677. The van der Waals surface area contributed by atoms with Gasteiger partial charge in [0.05, 0.1) is 22.9 Å². The van der Waals surface area contributed by atoms with E-state index in [0.717, 1.165) is 22.6 Å². The van der Waals surface area contributed by atoms with Crippen LogP contribution in [0.5, 0.6) is 5.75 Å². The third-order valence-electron chi connectivity index (χ3n) is 5.29. The highest BCUT2D eigenvalue weighted by Gasteiger charge is 2.49. The van der Waals surface area contributed by atoms with Crippen LogP contribution in [0.4, 0.5) is 18.9 Å². The van der Waals surface area contributed by atoms with Crippen molar-refractivity contribution in [1.82, 2.24) is 4.90 Å². The van der Waals surface area contributed by atoms with Crippen LogP contribution in [0.15, 0.2) is 42.5 Å². The number of phenols is 1. The Labute approximate surface area is 183 Å². The number of halogens is 3. The lowest BCUT2D eigenvalue weighted by Crippen LogP contribution is -2.44. The van der Waals surface area contributed by atoms with Crippen molar-refractivity contribution in [2.75, 3.05) is 11.4 Å². The number of carbonyl (C=O) groups excluding carboxylic acids is 1. The molecule has 1 amide bonds. The summed E-state index contributed by atoms with van der Waals surface area (Å²) in [6.07, 6.45) is -3.40. The van der Waals surface area contributed by atoms with Crippen LogP contribution in [-0.4, -0.2) is 33.1 Å². The van der Waals surface area contributed by atoms with Crippen LogP contribution in [0.3, 0.4) is 0 Å². The molecule has 2 aromatic rings. The van der Waals surface area contributed by atoms with E-state index in [1.807, 2.05) is 0 Å². The maximum atomic E-state index is 13.4. The number of aromatic hydroxyl groups is 1. The fraction of sp³-hybridized carbons (Fsp3) is 0.318. The molecule has 2 aromatic carbocycles. The number of thiocarbonyl (C=S) groups is 1. The van der Waals surface area contributed by atoms with Crippen molar-refractivity contribution in [1.29, 1.82) is 5.26 Å². The van der Waals surface area contributed by atoms with E-state index in [-0.39, 0.29) is 16.5 Å². The van der Waals surface area contributed by atoms with Gasteiger partial charge < -0.3 is 10.0 Å². The molecule has 1 aliphatic heterocycles. The molecule has 0 aromatic heterocycles. The number of benzene rings is 2. The molecule has 0 aliphatic carbocycles. The third kappa shape index (κ3) is 4.35. The van der Waals surface area contributed by atoms with Gasteiger partial charge in [0.25, 0.3) is 5.91 Å². The minimum atomic E-state index is -4.73. The van der Waals surface area contributed by atoms with Gasteiger partial charge in [-0.15, -0.1) is 0 Å². The van der Waals surface area contributed by atoms with Gasteiger partial charge in [0.1, 0.15) is 11.3 Å². The van der Waals surface area contributed by atoms with Crippen LogP contribution in [0.2, 0.25) is 0 Å². The SMILES string of the molecule is CC1(C)C(=O)N(c2ccc(C#N)c(C(F)(F)F)c2)C(=S)N1CCCc1ccc(O)cc1. The van der Waals surface area contributed by atoms with E-state index in [1.54, 1.807) is 43.0 Å². The zero-order valence-corrected chi connectivity index (χ0v) is 17.7. The Kier molecular flexibility index (Phi) is 5.96. The van der Waals surface area contributed by atoms with Crippen LogP contribution >= 0.6 is 12.2 Å². The second-order valence-electron chi connectivity index (χ2n) is 7.74. The summed E-state index contributed by atoms with van der Waals surface area (Å²) in [5, 5.41) is 18.5. The number of anilines is 1. The first-order valence-corrected chi connectivity index (χ1v) is 9.93. The van der Waals surface area contributed by atoms with Crippen LogP contribution in [0.25, 0.3) is 0 Å². The van der Waals surface area contributed by atoms with Gasteiger partial charge in [-0.1, -0.05) is 12.1 Å². The molecule has 3 rings (SSSR count). The predicted octanol–water partition coefficient (Wildman–Crippen LogP) is 4.63. The molecule has 1 N–H and O–H groups in total. The topological polar surface area (TPSA) is 67.6 Å². The Morgan fingerprint density at radius 3 is 2.39 bits per heavy atom. The van der Waals surface area contributed by atoms with E-state index >= 15 is 0 Å². The number of hydrogen-bond acceptors (Lipinski definition) is 4. The van der Waals surface area contributed by atoms with Gasteiger partial charge in [0, 0.05) is 6.54 Å². The summed E-state index contributed by atoms with van der Waals surface area (Å²) in [6.45, 7) is 3.78. The molecular formula is C22H20F3N3O2S. The summed E-state index contributed by atoms with van der Waals surface area (Å²) in [4.78, 5) is 15.9. The Bertz CT molecular complexity index is 1060. The van der Waals surface area contributed by atoms with Crippen molar-refractivity contribution in [3.8, 4) is 11.8 Å². The molecule has 0 atom stereocenters. The van der Waals surface area contributed by atoms with Gasteiger partial charge in [-0.3, -0.25) is 9.69 Å². The summed E-state index contributed by atoms with van der Waals surface area (Å²) >= 11 is 5.47. The first-order valence-electron chi connectivity index (χ1n) is 9.52. The van der Waals surface area contributed by atoms with Crippen LogP contribution < -0.4 is 4.90 Å². The van der Waals surface area contributed by atoms with Crippen molar-refractivity contribution >= 4 is 28.9 Å². The molecule has 1 fully saturated rings. The maximum absolute atomic E-state index is 13.4. The smallest absolute Gasteiger partial charge is 0.417 e. The number of aryl methyl sites for hydroxylation is 1. The van der Waals surface area contributed by atoms with Crippen molar-refractivity contribution in [2.45, 2.75) is 38.4 Å². The number of nitrogens with zero attached hydrogens (tertiary/aromatic N) is 3. The van der Waals surface area contributed by atoms with Crippen molar-refractivity contribution < 1.29 is 23.1 Å². The van der Waals surface area contributed by atoms with Gasteiger partial charge >= 0.3 is 6.18 Å². The molecule has 0 unspecified atom stereocenters. The molecule has 9 heteroatoms. The number of phenolic OH excluding ortho intramolecular Hbond substituents is 1. The number of hydrogen-bond donors (Lipinski definition) is 1.